The molecule has 0 fully saturated rings. The summed E-state index contributed by atoms with van der Waals surface area (Å²) in [4.78, 5) is 0. The van der Waals surface area contributed by atoms with Gasteiger partial charge in [-0.3, -0.25) is 4.39 Å². The molecule has 0 rings (SSSR count). The number of hydrogen-bond acceptors (Lipinski definition) is 1. The van der Waals surface area contributed by atoms with Crippen molar-refractivity contribution in [3.05, 3.63) is 0 Å². The number of alkyl halides is 2. The molecular formula is C8H17ClFN. The lowest BCUT2D eigenvalue weighted by Crippen LogP contribution is -2.22. The first-order valence-corrected chi connectivity index (χ1v) is 4.67. The van der Waals surface area contributed by atoms with Gasteiger partial charge in [0, 0.05) is 5.88 Å². The maximum Gasteiger partial charge on any atom is 0.0906 e. The Kier molecular flexibility index (Phi) is 8.41. The average Bonchev–Trinajstić information content (AvgIpc) is 1.99. The molecule has 0 aromatic carbocycles. The van der Waals surface area contributed by atoms with Crippen LogP contribution < -0.4 is 5.32 Å². The summed E-state index contributed by atoms with van der Waals surface area (Å²) in [7, 11) is 0. The summed E-state index contributed by atoms with van der Waals surface area (Å²) in [6.45, 7) is 3.65. The van der Waals surface area contributed by atoms with E-state index in [1.807, 2.05) is 0 Å². The molecular weight excluding hydrogens is 165 g/mol. The molecule has 1 N–H and O–H groups in total. The molecule has 0 aromatic heterocycles. The van der Waals surface area contributed by atoms with Crippen molar-refractivity contribution in [2.75, 3.05) is 25.6 Å². The van der Waals surface area contributed by atoms with Crippen LogP contribution in [0.2, 0.25) is 0 Å². The van der Waals surface area contributed by atoms with Crippen LogP contribution in [-0.4, -0.2) is 25.6 Å². The molecule has 1 atom stereocenters. The Balaban J connectivity index is 2.97. The zero-order valence-electron chi connectivity index (χ0n) is 7.08. The van der Waals surface area contributed by atoms with E-state index in [4.69, 9.17) is 11.6 Å². The van der Waals surface area contributed by atoms with Crippen LogP contribution >= 0.6 is 11.6 Å². The fourth-order valence-electron chi connectivity index (χ4n) is 0.829. The van der Waals surface area contributed by atoms with Crippen LogP contribution in [0.3, 0.4) is 0 Å². The van der Waals surface area contributed by atoms with E-state index < -0.39 is 0 Å². The van der Waals surface area contributed by atoms with E-state index in [0.29, 0.717) is 18.2 Å². The SMILES string of the molecule is CC(CCCl)CNCCCF. The lowest BCUT2D eigenvalue weighted by molar-refractivity contribution is 0.440. The van der Waals surface area contributed by atoms with Crippen molar-refractivity contribution in [1.82, 2.24) is 5.32 Å². The molecule has 0 saturated carbocycles. The summed E-state index contributed by atoms with van der Waals surface area (Å²) in [6.07, 6.45) is 1.65. The van der Waals surface area contributed by atoms with E-state index in [0.717, 1.165) is 19.5 Å². The molecule has 0 spiro atoms. The molecule has 0 radical (unpaired) electrons. The molecule has 0 aliphatic heterocycles. The highest BCUT2D eigenvalue weighted by Crippen LogP contribution is 2.00. The number of rotatable bonds is 7. The van der Waals surface area contributed by atoms with Gasteiger partial charge in [0.15, 0.2) is 0 Å². The van der Waals surface area contributed by atoms with E-state index in [9.17, 15) is 4.39 Å². The molecule has 0 aromatic rings. The Bertz CT molecular complexity index is 80.5. The van der Waals surface area contributed by atoms with Gasteiger partial charge < -0.3 is 5.32 Å². The minimum Gasteiger partial charge on any atom is -0.316 e. The van der Waals surface area contributed by atoms with Crippen LogP contribution in [0.4, 0.5) is 4.39 Å². The normalized spacial score (nSPS) is 13.4. The van der Waals surface area contributed by atoms with Gasteiger partial charge in [-0.05, 0) is 31.8 Å². The highest BCUT2D eigenvalue weighted by Gasteiger charge is 1.98. The van der Waals surface area contributed by atoms with E-state index in [1.54, 1.807) is 0 Å². The van der Waals surface area contributed by atoms with Gasteiger partial charge in [-0.15, -0.1) is 11.6 Å². The highest BCUT2D eigenvalue weighted by molar-refractivity contribution is 6.17. The largest absolute Gasteiger partial charge is 0.316 e. The third kappa shape index (κ3) is 8.08. The Morgan fingerprint density at radius 3 is 2.82 bits per heavy atom. The van der Waals surface area contributed by atoms with Gasteiger partial charge in [-0.1, -0.05) is 6.92 Å². The first-order chi connectivity index (χ1) is 5.31. The molecule has 11 heavy (non-hydrogen) atoms. The second kappa shape index (κ2) is 8.28. The first kappa shape index (κ1) is 11.2. The predicted molar refractivity (Wildman–Crippen MR) is 48.0 cm³/mol. The van der Waals surface area contributed by atoms with Crippen LogP contribution in [-0.2, 0) is 0 Å². The fourth-order valence-corrected chi connectivity index (χ4v) is 1.20. The van der Waals surface area contributed by atoms with Crippen molar-refractivity contribution >= 4 is 11.6 Å². The van der Waals surface area contributed by atoms with Crippen molar-refractivity contribution in [2.24, 2.45) is 5.92 Å². The molecule has 1 unspecified atom stereocenters. The van der Waals surface area contributed by atoms with Crippen LogP contribution in [0.25, 0.3) is 0 Å². The zero-order valence-corrected chi connectivity index (χ0v) is 7.83. The van der Waals surface area contributed by atoms with Crippen LogP contribution in [0, 0.1) is 5.92 Å². The van der Waals surface area contributed by atoms with Gasteiger partial charge in [0.1, 0.15) is 0 Å². The van der Waals surface area contributed by atoms with Gasteiger partial charge in [0.2, 0.25) is 0 Å². The molecule has 0 aliphatic carbocycles. The Labute approximate surface area is 73.3 Å². The summed E-state index contributed by atoms with van der Waals surface area (Å²) in [5.41, 5.74) is 0. The monoisotopic (exact) mass is 181 g/mol. The summed E-state index contributed by atoms with van der Waals surface area (Å²) < 4.78 is 11.6. The van der Waals surface area contributed by atoms with E-state index in [2.05, 4.69) is 12.2 Å². The van der Waals surface area contributed by atoms with E-state index in [1.165, 1.54) is 0 Å². The van der Waals surface area contributed by atoms with E-state index in [-0.39, 0.29) is 6.67 Å². The van der Waals surface area contributed by atoms with Gasteiger partial charge in [0.05, 0.1) is 6.67 Å². The lowest BCUT2D eigenvalue weighted by Gasteiger charge is -2.09. The van der Waals surface area contributed by atoms with Crippen LogP contribution in [0.1, 0.15) is 19.8 Å². The maximum absolute atomic E-state index is 11.6. The smallest absolute Gasteiger partial charge is 0.0906 e. The Hall–Kier alpha value is 0.180. The van der Waals surface area contributed by atoms with Gasteiger partial charge in [0.25, 0.3) is 0 Å². The fraction of sp³-hybridized carbons (Fsp3) is 1.00. The summed E-state index contributed by atoms with van der Waals surface area (Å²) in [5.74, 6) is 1.32. The summed E-state index contributed by atoms with van der Waals surface area (Å²) >= 11 is 5.55. The lowest BCUT2D eigenvalue weighted by atomic mass is 10.1. The van der Waals surface area contributed by atoms with Crippen LogP contribution in [0.5, 0.6) is 0 Å². The minimum atomic E-state index is -0.225. The standard InChI is InChI=1S/C8H17ClFN/c1-8(3-4-9)7-11-6-2-5-10/h8,11H,2-7H2,1H3. The van der Waals surface area contributed by atoms with Crippen LogP contribution in [0.15, 0.2) is 0 Å². The molecule has 3 heteroatoms. The zero-order chi connectivity index (χ0) is 8.53. The maximum atomic E-state index is 11.6. The molecule has 68 valence electrons. The highest BCUT2D eigenvalue weighted by atomic mass is 35.5. The number of hydrogen-bond donors (Lipinski definition) is 1. The molecule has 0 bridgehead atoms. The van der Waals surface area contributed by atoms with Crippen molar-refractivity contribution in [3.63, 3.8) is 0 Å². The summed E-state index contributed by atoms with van der Waals surface area (Å²) in [5, 5.41) is 3.17. The molecule has 0 amide bonds. The van der Waals surface area contributed by atoms with Crippen molar-refractivity contribution in [1.29, 1.82) is 0 Å². The second-order valence-electron chi connectivity index (χ2n) is 2.83. The predicted octanol–water partition coefficient (Wildman–Crippen LogP) is 2.20. The van der Waals surface area contributed by atoms with Gasteiger partial charge in [-0.2, -0.15) is 0 Å². The number of halogens is 2. The Morgan fingerprint density at radius 1 is 1.55 bits per heavy atom. The van der Waals surface area contributed by atoms with E-state index >= 15 is 0 Å². The number of nitrogens with one attached hydrogen (secondary N) is 1. The van der Waals surface area contributed by atoms with Crippen molar-refractivity contribution in [3.8, 4) is 0 Å². The minimum absolute atomic E-state index is 0.225. The first-order valence-electron chi connectivity index (χ1n) is 4.14. The molecule has 0 saturated heterocycles. The summed E-state index contributed by atoms with van der Waals surface area (Å²) in [6, 6.07) is 0. The quantitative estimate of drug-likeness (QED) is 0.469. The average molecular weight is 182 g/mol. The van der Waals surface area contributed by atoms with Gasteiger partial charge >= 0.3 is 0 Å². The molecule has 0 heterocycles. The molecule has 0 aliphatic rings. The topological polar surface area (TPSA) is 12.0 Å². The van der Waals surface area contributed by atoms with Gasteiger partial charge in [-0.25, -0.2) is 0 Å². The third-order valence-corrected chi connectivity index (χ3v) is 1.80. The Morgan fingerprint density at radius 2 is 2.27 bits per heavy atom. The second-order valence-corrected chi connectivity index (χ2v) is 3.21. The van der Waals surface area contributed by atoms with Crippen molar-refractivity contribution < 1.29 is 4.39 Å². The van der Waals surface area contributed by atoms with Crippen molar-refractivity contribution in [2.45, 2.75) is 19.8 Å². The molecule has 1 nitrogen and oxygen atoms in total. The third-order valence-electron chi connectivity index (χ3n) is 1.58.